The van der Waals surface area contributed by atoms with E-state index in [-0.39, 0.29) is 37.2 Å². The van der Waals surface area contributed by atoms with Crippen LogP contribution in [0, 0.1) is 10.1 Å². The highest BCUT2D eigenvalue weighted by Crippen LogP contribution is 2.22. The second kappa shape index (κ2) is 5.34. The van der Waals surface area contributed by atoms with Gasteiger partial charge in [-0.25, -0.2) is 0 Å². The van der Waals surface area contributed by atoms with Crippen LogP contribution < -0.4 is 5.59 Å². The van der Waals surface area contributed by atoms with Crippen molar-refractivity contribution in [2.45, 2.75) is 19.0 Å². The van der Waals surface area contributed by atoms with Gasteiger partial charge in [0, 0.05) is 31.3 Å². The number of carbonyl (C=O) groups excluding carboxylic acids is 1. The first-order chi connectivity index (χ1) is 9.70. The van der Waals surface area contributed by atoms with Gasteiger partial charge in [0.1, 0.15) is 0 Å². The normalized spacial score (nSPS) is 15.3. The van der Waals surface area contributed by atoms with E-state index in [2.05, 4.69) is 4.98 Å². The molecule has 0 N–H and O–H groups in total. The van der Waals surface area contributed by atoms with Crippen LogP contribution in [0.3, 0.4) is 0 Å². The number of rotatable bonds is 1. The fraction of sp³-hybridized carbons (Fsp3) is 0.455. The Morgan fingerprint density at radius 1 is 1.38 bits per heavy atom. The summed E-state index contributed by atoms with van der Waals surface area (Å²) in [4.78, 5) is 25.8. The molecule has 0 aromatic carbocycles. The number of nitro groups is 1. The smallest absolute Gasteiger partial charge is 0.334 e. The first-order valence-electron chi connectivity index (χ1n) is 5.99. The summed E-state index contributed by atoms with van der Waals surface area (Å²) in [6.45, 7) is -0.330. The molecule has 2 rings (SSSR count). The van der Waals surface area contributed by atoms with Crippen molar-refractivity contribution < 1.29 is 22.9 Å². The summed E-state index contributed by atoms with van der Waals surface area (Å²) in [5.41, 5.74) is 0.155. The molecule has 0 saturated heterocycles. The minimum Gasteiger partial charge on any atom is -0.334 e. The molecule has 6 nitrogen and oxygen atoms in total. The lowest BCUT2D eigenvalue weighted by Crippen LogP contribution is -2.42. The molecule has 21 heavy (non-hydrogen) atoms. The van der Waals surface area contributed by atoms with Gasteiger partial charge >= 0.3 is 12.1 Å². The van der Waals surface area contributed by atoms with Gasteiger partial charge in [0.15, 0.2) is 7.85 Å². The second-order valence-electron chi connectivity index (χ2n) is 4.55. The molecular formula is C11H9BF3N3O3. The van der Waals surface area contributed by atoms with Crippen molar-refractivity contribution in [3.8, 4) is 0 Å². The van der Waals surface area contributed by atoms with Gasteiger partial charge in [0.25, 0.3) is 5.69 Å². The van der Waals surface area contributed by atoms with Gasteiger partial charge in [0.05, 0.1) is 10.5 Å². The van der Waals surface area contributed by atoms with Crippen LogP contribution in [-0.2, 0) is 17.6 Å². The minimum atomic E-state index is -4.94. The van der Waals surface area contributed by atoms with Gasteiger partial charge in [-0.2, -0.15) is 13.2 Å². The number of hydrogen-bond donors (Lipinski definition) is 0. The van der Waals surface area contributed by atoms with E-state index >= 15 is 0 Å². The highest BCUT2D eigenvalue weighted by atomic mass is 19.4. The second-order valence-corrected chi connectivity index (χ2v) is 4.55. The molecular weight excluding hydrogens is 290 g/mol. The van der Waals surface area contributed by atoms with Crippen molar-refractivity contribution in [2.75, 3.05) is 13.1 Å². The summed E-state index contributed by atoms with van der Waals surface area (Å²) in [5, 5.41) is 10.8. The maximum atomic E-state index is 12.4. The molecule has 0 aliphatic carbocycles. The molecule has 2 heterocycles. The Hall–Kier alpha value is -2.13. The van der Waals surface area contributed by atoms with Gasteiger partial charge in [-0.15, -0.1) is 0 Å². The Morgan fingerprint density at radius 3 is 2.57 bits per heavy atom. The Morgan fingerprint density at radius 2 is 2.00 bits per heavy atom. The first-order valence-corrected chi connectivity index (χ1v) is 5.99. The zero-order chi connectivity index (χ0) is 15.8. The van der Waals surface area contributed by atoms with E-state index in [9.17, 15) is 28.1 Å². The van der Waals surface area contributed by atoms with Crippen LogP contribution in [0.25, 0.3) is 0 Å². The van der Waals surface area contributed by atoms with E-state index in [1.165, 1.54) is 6.07 Å². The van der Waals surface area contributed by atoms with Crippen molar-refractivity contribution in [1.29, 1.82) is 0 Å². The number of carbonyl (C=O) groups is 1. The molecule has 0 unspecified atom stereocenters. The van der Waals surface area contributed by atoms with Crippen LogP contribution in [0.15, 0.2) is 6.07 Å². The molecule has 1 aromatic heterocycles. The highest BCUT2D eigenvalue weighted by molar-refractivity contribution is 6.33. The lowest BCUT2D eigenvalue weighted by Gasteiger charge is -2.21. The van der Waals surface area contributed by atoms with Crippen LogP contribution in [0.1, 0.15) is 11.3 Å². The number of fused-ring (bicyclic) bond motifs is 1. The predicted octanol–water partition coefficient (Wildman–Crippen LogP) is 0.273. The predicted molar refractivity (Wildman–Crippen MR) is 66.3 cm³/mol. The maximum Gasteiger partial charge on any atom is 0.471 e. The molecule has 2 radical (unpaired) electrons. The lowest BCUT2D eigenvalue weighted by molar-refractivity contribution is -0.383. The number of nitrogens with zero attached hydrogens (tertiary/aromatic N) is 3. The molecule has 0 fully saturated rings. The van der Waals surface area contributed by atoms with Gasteiger partial charge in [0.2, 0.25) is 0 Å². The van der Waals surface area contributed by atoms with Crippen LogP contribution in [-0.4, -0.2) is 47.8 Å². The SMILES string of the molecule is [B]c1nc2c(cc1[N+](=O)[O-])CCN(C(=O)C(F)(F)F)CC2. The average molecular weight is 299 g/mol. The number of aromatic nitrogens is 1. The van der Waals surface area contributed by atoms with Crippen molar-refractivity contribution in [1.82, 2.24) is 9.88 Å². The Labute approximate surface area is 118 Å². The quantitative estimate of drug-likeness (QED) is 0.424. The molecule has 1 aromatic rings. The molecule has 1 aliphatic heterocycles. The Bertz CT molecular complexity index is 606. The third kappa shape index (κ3) is 3.14. The van der Waals surface area contributed by atoms with E-state index < -0.39 is 17.0 Å². The fourth-order valence-corrected chi connectivity index (χ4v) is 2.17. The summed E-state index contributed by atoms with van der Waals surface area (Å²) in [5.74, 6) is -1.92. The summed E-state index contributed by atoms with van der Waals surface area (Å²) in [6, 6.07) is 1.21. The van der Waals surface area contributed by atoms with Crippen molar-refractivity contribution in [3.63, 3.8) is 0 Å². The summed E-state index contributed by atoms with van der Waals surface area (Å²) in [6.07, 6.45) is -4.81. The fourth-order valence-electron chi connectivity index (χ4n) is 2.17. The largest absolute Gasteiger partial charge is 0.471 e. The molecule has 110 valence electrons. The van der Waals surface area contributed by atoms with Crippen molar-refractivity contribution in [2.24, 2.45) is 0 Å². The Balaban J connectivity index is 2.26. The topological polar surface area (TPSA) is 76.3 Å². The number of pyridine rings is 1. The molecule has 0 saturated carbocycles. The third-order valence-electron chi connectivity index (χ3n) is 3.20. The monoisotopic (exact) mass is 299 g/mol. The van der Waals surface area contributed by atoms with E-state index in [0.717, 1.165) is 0 Å². The van der Waals surface area contributed by atoms with Crippen LogP contribution in [0.5, 0.6) is 0 Å². The minimum absolute atomic E-state index is 0.0608. The first kappa shape index (κ1) is 15.3. The van der Waals surface area contributed by atoms with Gasteiger partial charge in [-0.05, 0) is 12.0 Å². The van der Waals surface area contributed by atoms with Crippen LogP contribution in [0.4, 0.5) is 18.9 Å². The number of amides is 1. The summed E-state index contributed by atoms with van der Waals surface area (Å²) >= 11 is 0. The lowest BCUT2D eigenvalue weighted by atomic mass is 9.97. The standard InChI is InChI=1S/C11H9BF3N3O3/c12-9-8(18(20)21)5-6-1-3-17(4-2-7(6)16-9)10(19)11(13,14)15/h5H,1-4H2. The average Bonchev–Trinajstić information content (AvgIpc) is 2.57. The zero-order valence-electron chi connectivity index (χ0n) is 10.7. The van der Waals surface area contributed by atoms with Crippen LogP contribution in [0.2, 0.25) is 0 Å². The molecule has 10 heteroatoms. The van der Waals surface area contributed by atoms with E-state index in [1.807, 2.05) is 0 Å². The van der Waals surface area contributed by atoms with E-state index in [1.54, 1.807) is 0 Å². The van der Waals surface area contributed by atoms with Gasteiger partial charge in [-0.1, -0.05) is 0 Å². The van der Waals surface area contributed by atoms with E-state index in [4.69, 9.17) is 7.85 Å². The van der Waals surface area contributed by atoms with Gasteiger partial charge in [-0.3, -0.25) is 19.9 Å². The molecule has 1 aliphatic rings. The maximum absolute atomic E-state index is 12.4. The number of hydrogen-bond acceptors (Lipinski definition) is 4. The van der Waals surface area contributed by atoms with E-state index in [0.29, 0.717) is 16.2 Å². The molecule has 0 spiro atoms. The third-order valence-corrected chi connectivity index (χ3v) is 3.20. The zero-order valence-corrected chi connectivity index (χ0v) is 10.7. The number of alkyl halides is 3. The number of halogens is 3. The van der Waals surface area contributed by atoms with Crippen molar-refractivity contribution in [3.05, 3.63) is 27.4 Å². The van der Waals surface area contributed by atoms with Crippen LogP contribution >= 0.6 is 0 Å². The Kier molecular flexibility index (Phi) is 3.88. The highest BCUT2D eigenvalue weighted by Gasteiger charge is 2.42. The molecule has 1 amide bonds. The van der Waals surface area contributed by atoms with Crippen molar-refractivity contribution >= 4 is 25.0 Å². The summed E-state index contributed by atoms with van der Waals surface area (Å²) < 4.78 is 37.2. The van der Waals surface area contributed by atoms with Gasteiger partial charge < -0.3 is 4.90 Å². The summed E-state index contributed by atoms with van der Waals surface area (Å²) in [7, 11) is 5.45. The molecule has 0 bridgehead atoms. The molecule has 0 atom stereocenters.